The Labute approximate surface area is 144 Å². The summed E-state index contributed by atoms with van der Waals surface area (Å²) in [4.78, 5) is 15.1. The molecule has 4 nitrogen and oxygen atoms in total. The van der Waals surface area contributed by atoms with Gasteiger partial charge in [-0.05, 0) is 37.3 Å². The minimum absolute atomic E-state index is 0.0117. The Kier molecular flexibility index (Phi) is 4.47. The molecule has 132 valence electrons. The molecule has 1 aromatic carbocycles. The van der Waals surface area contributed by atoms with Gasteiger partial charge in [0.25, 0.3) is 0 Å². The van der Waals surface area contributed by atoms with Crippen LogP contribution in [-0.4, -0.2) is 33.8 Å². The van der Waals surface area contributed by atoms with E-state index in [1.54, 1.807) is 0 Å². The standard InChI is InChI=1S/C20H29NO3/c1-12(2)16(22)10-13(3)19(23)21-18-15-9-7-6-8-14(15)11-17(18)24-20(21,4)5/h6-9,12-13,16-18,22H,10-11H2,1-5H3. The first-order chi connectivity index (χ1) is 11.2. The Morgan fingerprint density at radius 3 is 2.67 bits per heavy atom. The van der Waals surface area contributed by atoms with Gasteiger partial charge in [0.05, 0.1) is 18.2 Å². The first-order valence-corrected chi connectivity index (χ1v) is 8.99. The lowest BCUT2D eigenvalue weighted by Gasteiger charge is -2.36. The third kappa shape index (κ3) is 2.86. The van der Waals surface area contributed by atoms with Crippen LogP contribution in [0.4, 0.5) is 0 Å². The number of aliphatic hydroxyl groups excluding tert-OH is 1. The average Bonchev–Trinajstić information content (AvgIpc) is 2.96. The van der Waals surface area contributed by atoms with Crippen LogP contribution in [0.3, 0.4) is 0 Å². The summed E-state index contributed by atoms with van der Waals surface area (Å²) >= 11 is 0. The predicted octanol–water partition coefficient (Wildman–Crippen LogP) is 3.29. The van der Waals surface area contributed by atoms with Crippen LogP contribution >= 0.6 is 0 Å². The minimum atomic E-state index is -0.614. The van der Waals surface area contributed by atoms with Crippen LogP contribution in [0, 0.1) is 11.8 Å². The summed E-state index contributed by atoms with van der Waals surface area (Å²) < 4.78 is 6.23. The fourth-order valence-electron chi connectivity index (χ4n) is 4.09. The molecule has 4 atom stereocenters. The van der Waals surface area contributed by atoms with Crippen LogP contribution in [0.2, 0.25) is 0 Å². The molecule has 1 saturated heterocycles. The van der Waals surface area contributed by atoms with Crippen molar-refractivity contribution in [3.8, 4) is 0 Å². The highest BCUT2D eigenvalue weighted by Crippen LogP contribution is 2.48. The fourth-order valence-corrected chi connectivity index (χ4v) is 4.09. The topological polar surface area (TPSA) is 49.8 Å². The summed E-state index contributed by atoms with van der Waals surface area (Å²) in [5.74, 6) is 0.00346. The Bertz CT molecular complexity index is 625. The maximum atomic E-state index is 13.2. The smallest absolute Gasteiger partial charge is 0.228 e. The van der Waals surface area contributed by atoms with Crippen molar-refractivity contribution in [2.45, 2.75) is 71.4 Å². The van der Waals surface area contributed by atoms with E-state index in [4.69, 9.17) is 4.74 Å². The second-order valence-corrected chi connectivity index (χ2v) is 8.11. The van der Waals surface area contributed by atoms with Gasteiger partial charge in [-0.3, -0.25) is 4.79 Å². The highest BCUT2D eigenvalue weighted by molar-refractivity contribution is 5.80. The Balaban J connectivity index is 1.86. The van der Waals surface area contributed by atoms with Crippen LogP contribution in [0.1, 0.15) is 58.2 Å². The number of amides is 1. The lowest BCUT2D eigenvalue weighted by molar-refractivity contribution is -0.152. The normalized spacial score (nSPS) is 27.0. The van der Waals surface area contributed by atoms with E-state index in [1.165, 1.54) is 11.1 Å². The van der Waals surface area contributed by atoms with Crippen LogP contribution in [0.15, 0.2) is 24.3 Å². The average molecular weight is 331 g/mol. The van der Waals surface area contributed by atoms with E-state index in [1.807, 2.05) is 51.7 Å². The first kappa shape index (κ1) is 17.4. The molecule has 4 unspecified atom stereocenters. The zero-order valence-corrected chi connectivity index (χ0v) is 15.3. The quantitative estimate of drug-likeness (QED) is 0.921. The number of nitrogens with zero attached hydrogens (tertiary/aromatic N) is 1. The molecule has 0 radical (unpaired) electrons. The van der Waals surface area contributed by atoms with Gasteiger partial charge >= 0.3 is 0 Å². The molecule has 1 amide bonds. The second kappa shape index (κ2) is 6.16. The van der Waals surface area contributed by atoms with Crippen molar-refractivity contribution in [2.75, 3.05) is 0 Å². The Hall–Kier alpha value is -1.39. The lowest BCUT2D eigenvalue weighted by atomic mass is 9.93. The monoisotopic (exact) mass is 331 g/mol. The number of rotatable bonds is 4. The number of benzene rings is 1. The van der Waals surface area contributed by atoms with Crippen LogP contribution < -0.4 is 0 Å². The SMILES string of the molecule is CC(CC(O)C(C)C)C(=O)N1C2c3ccccc3CC2OC1(C)C. The predicted molar refractivity (Wildman–Crippen MR) is 93.3 cm³/mol. The number of ether oxygens (including phenoxy) is 1. The molecule has 1 aliphatic heterocycles. The van der Waals surface area contributed by atoms with Gasteiger partial charge < -0.3 is 14.7 Å². The molecular formula is C20H29NO3. The zero-order valence-electron chi connectivity index (χ0n) is 15.3. The maximum Gasteiger partial charge on any atom is 0.228 e. The second-order valence-electron chi connectivity index (χ2n) is 8.11. The molecule has 4 heteroatoms. The van der Waals surface area contributed by atoms with E-state index < -0.39 is 11.8 Å². The third-order valence-corrected chi connectivity index (χ3v) is 5.47. The fraction of sp³-hybridized carbons (Fsp3) is 0.650. The van der Waals surface area contributed by atoms with Gasteiger partial charge in [0.15, 0.2) is 0 Å². The first-order valence-electron chi connectivity index (χ1n) is 8.99. The van der Waals surface area contributed by atoms with Crippen LogP contribution in [0.25, 0.3) is 0 Å². The van der Waals surface area contributed by atoms with E-state index in [0.29, 0.717) is 6.42 Å². The molecule has 1 aromatic rings. The Morgan fingerprint density at radius 1 is 1.33 bits per heavy atom. The van der Waals surface area contributed by atoms with E-state index in [2.05, 4.69) is 12.1 Å². The third-order valence-electron chi connectivity index (χ3n) is 5.47. The molecule has 0 aromatic heterocycles. The van der Waals surface area contributed by atoms with Gasteiger partial charge in [-0.1, -0.05) is 45.0 Å². The molecule has 0 saturated carbocycles. The summed E-state index contributed by atoms with van der Waals surface area (Å²) in [5.41, 5.74) is 1.87. The molecule has 2 aliphatic rings. The van der Waals surface area contributed by atoms with Crippen molar-refractivity contribution in [3.05, 3.63) is 35.4 Å². The van der Waals surface area contributed by atoms with Crippen molar-refractivity contribution in [1.29, 1.82) is 0 Å². The molecule has 3 rings (SSSR count). The number of hydrogen-bond donors (Lipinski definition) is 1. The molecule has 1 heterocycles. The number of aliphatic hydroxyl groups is 1. The highest BCUT2D eigenvalue weighted by Gasteiger charge is 2.54. The molecule has 1 aliphatic carbocycles. The van der Waals surface area contributed by atoms with Crippen molar-refractivity contribution < 1.29 is 14.6 Å². The molecule has 1 N–H and O–H groups in total. The van der Waals surface area contributed by atoms with E-state index >= 15 is 0 Å². The summed E-state index contributed by atoms with van der Waals surface area (Å²) in [6.45, 7) is 9.81. The van der Waals surface area contributed by atoms with Gasteiger partial charge in [-0.25, -0.2) is 0 Å². The van der Waals surface area contributed by atoms with Crippen LogP contribution in [-0.2, 0) is 16.0 Å². The van der Waals surface area contributed by atoms with Gasteiger partial charge in [-0.2, -0.15) is 0 Å². The molecular weight excluding hydrogens is 302 g/mol. The van der Waals surface area contributed by atoms with Crippen molar-refractivity contribution in [2.24, 2.45) is 11.8 Å². The molecule has 1 fully saturated rings. The van der Waals surface area contributed by atoms with E-state index in [0.717, 1.165) is 6.42 Å². The Morgan fingerprint density at radius 2 is 2.00 bits per heavy atom. The number of carbonyl (C=O) groups excluding carboxylic acids is 1. The summed E-state index contributed by atoms with van der Waals surface area (Å²) in [6.07, 6.45) is 0.921. The molecule has 24 heavy (non-hydrogen) atoms. The lowest BCUT2D eigenvalue weighted by Crippen LogP contribution is -2.47. The molecule has 0 bridgehead atoms. The van der Waals surface area contributed by atoms with Gasteiger partial charge in [0, 0.05) is 12.3 Å². The summed E-state index contributed by atoms with van der Waals surface area (Å²) in [6, 6.07) is 8.29. The van der Waals surface area contributed by atoms with E-state index in [-0.39, 0.29) is 29.9 Å². The number of carbonyl (C=O) groups is 1. The van der Waals surface area contributed by atoms with Gasteiger partial charge in [0.2, 0.25) is 5.91 Å². The number of fused-ring (bicyclic) bond motifs is 3. The summed E-state index contributed by atoms with van der Waals surface area (Å²) in [7, 11) is 0. The van der Waals surface area contributed by atoms with Crippen molar-refractivity contribution in [1.82, 2.24) is 4.90 Å². The minimum Gasteiger partial charge on any atom is -0.393 e. The summed E-state index contributed by atoms with van der Waals surface area (Å²) in [5, 5.41) is 10.2. The highest BCUT2D eigenvalue weighted by atomic mass is 16.5. The zero-order chi connectivity index (χ0) is 17.6. The maximum absolute atomic E-state index is 13.2. The largest absolute Gasteiger partial charge is 0.393 e. The van der Waals surface area contributed by atoms with Crippen molar-refractivity contribution in [3.63, 3.8) is 0 Å². The van der Waals surface area contributed by atoms with E-state index in [9.17, 15) is 9.90 Å². The van der Waals surface area contributed by atoms with Crippen molar-refractivity contribution >= 4 is 5.91 Å². The number of hydrogen-bond acceptors (Lipinski definition) is 3. The van der Waals surface area contributed by atoms with Crippen LogP contribution in [0.5, 0.6) is 0 Å². The molecule has 0 spiro atoms. The van der Waals surface area contributed by atoms with Gasteiger partial charge in [0.1, 0.15) is 5.72 Å². The van der Waals surface area contributed by atoms with Gasteiger partial charge in [-0.15, -0.1) is 0 Å².